The zero-order valence-electron chi connectivity index (χ0n) is 11.0. The van der Waals surface area contributed by atoms with Crippen LogP contribution < -0.4 is 0 Å². The summed E-state index contributed by atoms with van der Waals surface area (Å²) in [6.45, 7) is 4.10. The number of benzene rings is 2. The largest absolute Gasteiger partial charge is 0.508 e. The Hall–Kier alpha value is -2.29. The topological polar surface area (TPSA) is 52.8 Å². The minimum atomic E-state index is 0.205. The van der Waals surface area contributed by atoms with Crippen LogP contribution in [0.4, 0.5) is 5.69 Å². The molecule has 0 heterocycles. The van der Waals surface area contributed by atoms with E-state index >= 15 is 0 Å². The minimum absolute atomic E-state index is 0.205. The van der Waals surface area contributed by atoms with Gasteiger partial charge in [0.2, 0.25) is 0 Å². The Balaban J connectivity index is 2.36. The van der Waals surface area contributed by atoms with Crippen molar-refractivity contribution in [2.75, 3.05) is 0 Å². The Morgan fingerprint density at radius 3 is 2.47 bits per heavy atom. The molecule has 0 bridgehead atoms. The van der Waals surface area contributed by atoms with Gasteiger partial charge in [-0.25, -0.2) is 0 Å². The van der Waals surface area contributed by atoms with Crippen molar-refractivity contribution in [2.24, 2.45) is 4.99 Å². The van der Waals surface area contributed by atoms with Crippen molar-refractivity contribution in [3.05, 3.63) is 53.6 Å². The quantitative estimate of drug-likeness (QED) is 0.815. The number of nitrogens with zero attached hydrogens (tertiary/aromatic N) is 1. The SMILES string of the molecule is CC(C)c1cc(O)ccc1/N=C/c1ccccc1O. The van der Waals surface area contributed by atoms with E-state index in [1.165, 1.54) is 0 Å². The third-order valence-electron chi connectivity index (χ3n) is 2.91. The summed E-state index contributed by atoms with van der Waals surface area (Å²) in [4.78, 5) is 4.40. The average molecular weight is 255 g/mol. The fourth-order valence-electron chi connectivity index (χ4n) is 1.86. The lowest BCUT2D eigenvalue weighted by atomic mass is 10.0. The first-order chi connectivity index (χ1) is 9.08. The molecule has 0 aromatic heterocycles. The molecule has 19 heavy (non-hydrogen) atoms. The molecule has 0 aliphatic rings. The van der Waals surface area contributed by atoms with Gasteiger partial charge in [-0.1, -0.05) is 26.0 Å². The van der Waals surface area contributed by atoms with Crippen LogP contribution in [0.2, 0.25) is 0 Å². The molecule has 3 heteroatoms. The molecule has 0 fully saturated rings. The number of phenols is 2. The van der Waals surface area contributed by atoms with Gasteiger partial charge in [-0.15, -0.1) is 0 Å². The van der Waals surface area contributed by atoms with Gasteiger partial charge in [0, 0.05) is 11.8 Å². The second-order valence-corrected chi connectivity index (χ2v) is 4.71. The molecule has 0 unspecified atom stereocenters. The fraction of sp³-hybridized carbons (Fsp3) is 0.188. The summed E-state index contributed by atoms with van der Waals surface area (Å²) in [7, 11) is 0. The van der Waals surface area contributed by atoms with Gasteiger partial charge in [0.25, 0.3) is 0 Å². The lowest BCUT2D eigenvalue weighted by molar-refractivity contribution is 0.473. The van der Waals surface area contributed by atoms with Gasteiger partial charge in [0.15, 0.2) is 0 Å². The summed E-state index contributed by atoms with van der Waals surface area (Å²) in [6, 6.07) is 12.2. The standard InChI is InChI=1S/C16H17NO2/c1-11(2)14-9-13(18)7-8-15(14)17-10-12-5-3-4-6-16(12)19/h3-11,18-19H,1-2H3/b17-10+. The van der Waals surface area contributed by atoms with Crippen LogP contribution in [0, 0.1) is 0 Å². The van der Waals surface area contributed by atoms with Crippen molar-refractivity contribution in [3.8, 4) is 11.5 Å². The summed E-state index contributed by atoms with van der Waals surface area (Å²) in [5.74, 6) is 0.713. The Morgan fingerprint density at radius 1 is 1.05 bits per heavy atom. The molecule has 0 radical (unpaired) electrons. The van der Waals surface area contributed by atoms with Crippen LogP contribution in [0.1, 0.15) is 30.9 Å². The fourth-order valence-corrected chi connectivity index (χ4v) is 1.86. The third kappa shape index (κ3) is 3.13. The van der Waals surface area contributed by atoms with Crippen LogP contribution >= 0.6 is 0 Å². The molecule has 0 saturated heterocycles. The molecule has 2 aromatic carbocycles. The number of aromatic hydroxyl groups is 2. The van der Waals surface area contributed by atoms with Crippen LogP contribution in [0.5, 0.6) is 11.5 Å². The number of aliphatic imine (C=N–C) groups is 1. The highest BCUT2D eigenvalue weighted by molar-refractivity contribution is 5.85. The molecule has 2 N–H and O–H groups in total. The molecule has 3 nitrogen and oxygen atoms in total. The Labute approximate surface area is 112 Å². The second kappa shape index (κ2) is 5.57. The zero-order valence-corrected chi connectivity index (χ0v) is 11.0. The molecule has 0 amide bonds. The Kier molecular flexibility index (Phi) is 3.85. The van der Waals surface area contributed by atoms with Gasteiger partial charge in [-0.05, 0) is 41.8 Å². The summed E-state index contributed by atoms with van der Waals surface area (Å²) < 4.78 is 0. The maximum Gasteiger partial charge on any atom is 0.124 e. The number of rotatable bonds is 3. The first kappa shape index (κ1) is 13.1. The average Bonchev–Trinajstić information content (AvgIpc) is 2.38. The van der Waals surface area contributed by atoms with Crippen LogP contribution in [0.3, 0.4) is 0 Å². The maximum atomic E-state index is 9.68. The van der Waals surface area contributed by atoms with Crippen LogP contribution in [0.15, 0.2) is 47.5 Å². The molecular weight excluding hydrogens is 238 g/mol. The van der Waals surface area contributed by atoms with E-state index in [1.54, 1.807) is 42.6 Å². The lowest BCUT2D eigenvalue weighted by Crippen LogP contribution is -1.89. The summed E-state index contributed by atoms with van der Waals surface area (Å²) >= 11 is 0. The van der Waals surface area contributed by atoms with Gasteiger partial charge < -0.3 is 10.2 Å². The van der Waals surface area contributed by atoms with E-state index in [-0.39, 0.29) is 17.4 Å². The predicted molar refractivity (Wildman–Crippen MR) is 77.6 cm³/mol. The lowest BCUT2D eigenvalue weighted by Gasteiger charge is -2.09. The van der Waals surface area contributed by atoms with E-state index in [2.05, 4.69) is 4.99 Å². The second-order valence-electron chi connectivity index (χ2n) is 4.71. The van der Waals surface area contributed by atoms with Crippen LogP contribution in [0.25, 0.3) is 0 Å². The Bertz CT molecular complexity index is 603. The van der Waals surface area contributed by atoms with Gasteiger partial charge >= 0.3 is 0 Å². The molecule has 0 saturated carbocycles. The monoisotopic (exact) mass is 255 g/mol. The summed E-state index contributed by atoms with van der Waals surface area (Å²) in [5, 5.41) is 19.2. The van der Waals surface area contributed by atoms with Crippen molar-refractivity contribution >= 4 is 11.9 Å². The maximum absolute atomic E-state index is 9.68. The van der Waals surface area contributed by atoms with Crippen molar-refractivity contribution in [3.63, 3.8) is 0 Å². The highest BCUT2D eigenvalue weighted by Crippen LogP contribution is 2.30. The van der Waals surface area contributed by atoms with E-state index in [0.717, 1.165) is 11.3 Å². The normalized spacial score (nSPS) is 11.3. The minimum Gasteiger partial charge on any atom is -0.508 e. The number of hydrogen-bond donors (Lipinski definition) is 2. The van der Waals surface area contributed by atoms with Crippen LogP contribution in [-0.2, 0) is 0 Å². The molecule has 0 aliphatic heterocycles. The molecule has 2 aromatic rings. The van der Waals surface area contributed by atoms with Gasteiger partial charge in [-0.2, -0.15) is 0 Å². The van der Waals surface area contributed by atoms with E-state index in [0.29, 0.717) is 5.56 Å². The Morgan fingerprint density at radius 2 is 1.79 bits per heavy atom. The van der Waals surface area contributed by atoms with Gasteiger partial charge in [0.1, 0.15) is 11.5 Å². The molecule has 2 rings (SSSR count). The molecule has 0 spiro atoms. The first-order valence-electron chi connectivity index (χ1n) is 6.23. The predicted octanol–water partition coefficient (Wildman–Crippen LogP) is 3.97. The number of phenolic OH excluding ortho intramolecular Hbond substituents is 2. The highest BCUT2D eigenvalue weighted by atomic mass is 16.3. The van der Waals surface area contributed by atoms with Crippen molar-refractivity contribution in [1.82, 2.24) is 0 Å². The third-order valence-corrected chi connectivity index (χ3v) is 2.91. The van der Waals surface area contributed by atoms with Gasteiger partial charge in [-0.3, -0.25) is 4.99 Å². The van der Waals surface area contributed by atoms with Crippen LogP contribution in [-0.4, -0.2) is 16.4 Å². The highest BCUT2D eigenvalue weighted by Gasteiger charge is 2.06. The van der Waals surface area contributed by atoms with Gasteiger partial charge in [0.05, 0.1) is 5.69 Å². The molecular formula is C16H17NO2. The smallest absolute Gasteiger partial charge is 0.124 e. The van der Waals surface area contributed by atoms with Crippen molar-refractivity contribution < 1.29 is 10.2 Å². The molecule has 0 atom stereocenters. The summed E-state index contributed by atoms with van der Waals surface area (Å²) in [5.41, 5.74) is 2.45. The number of hydrogen-bond acceptors (Lipinski definition) is 3. The first-order valence-corrected chi connectivity index (χ1v) is 6.23. The molecule has 0 aliphatic carbocycles. The van der Waals surface area contributed by atoms with E-state index in [1.807, 2.05) is 19.9 Å². The van der Waals surface area contributed by atoms with Crippen molar-refractivity contribution in [2.45, 2.75) is 19.8 Å². The van der Waals surface area contributed by atoms with E-state index < -0.39 is 0 Å². The zero-order chi connectivity index (χ0) is 13.8. The van der Waals surface area contributed by atoms with Crippen molar-refractivity contribution in [1.29, 1.82) is 0 Å². The van der Waals surface area contributed by atoms with E-state index in [4.69, 9.17) is 0 Å². The number of para-hydroxylation sites is 1. The summed E-state index contributed by atoms with van der Waals surface area (Å²) in [6.07, 6.45) is 1.63. The molecule has 98 valence electrons. The van der Waals surface area contributed by atoms with E-state index in [9.17, 15) is 10.2 Å².